The first-order chi connectivity index (χ1) is 39.9. The van der Waals surface area contributed by atoms with E-state index in [0.717, 1.165) is 67.8 Å². The van der Waals surface area contributed by atoms with E-state index >= 15 is 0 Å². The molecule has 0 amide bonds. The van der Waals surface area contributed by atoms with Gasteiger partial charge in [-0.05, 0) is 149 Å². The van der Waals surface area contributed by atoms with Gasteiger partial charge in [-0.1, -0.05) is 70.8 Å². The van der Waals surface area contributed by atoms with E-state index in [0.29, 0.717) is 44.6 Å². The molecule has 0 saturated heterocycles. The number of aryl methyl sites for hydroxylation is 4. The van der Waals surface area contributed by atoms with Crippen molar-refractivity contribution in [2.75, 3.05) is 76.0 Å². The summed E-state index contributed by atoms with van der Waals surface area (Å²) in [6, 6.07) is 51.6. The molecule has 24 heteroatoms. The molecule has 20 nitrogen and oxygen atoms in total. The highest BCUT2D eigenvalue weighted by molar-refractivity contribution is 6.62. The number of hydrogen-bond donors (Lipinski definition) is 8. The summed E-state index contributed by atoms with van der Waals surface area (Å²) in [5.41, 5.74) is 14.0. The summed E-state index contributed by atoms with van der Waals surface area (Å²) in [6.07, 6.45) is 0. The van der Waals surface area contributed by atoms with Gasteiger partial charge in [-0.2, -0.15) is 40.9 Å². The predicted molar refractivity (Wildman–Crippen MR) is 344 cm³/mol. The SMILES string of the molecule is Cc1ccc(N=Nc2ccc(N(C)C)cc2B(O)O)cc1.Cc1ccc(N=Nc2ccc(N(C)C)cc2B(O)O)cc1.Cc1ccc(N=Nc2ccc(N(C)C)cc2B(O)O)cc1.Cc1ccc(N=Nc2ccc(N(C)C)cc2B(O)O)cc1. The van der Waals surface area contributed by atoms with Crippen molar-refractivity contribution in [2.45, 2.75) is 27.7 Å². The predicted octanol–water partition coefficient (Wildman–Crippen LogP) is 8.62. The Morgan fingerprint density at radius 1 is 0.238 bits per heavy atom. The fourth-order valence-corrected chi connectivity index (χ4v) is 7.36. The molecule has 8 N–H and O–H groups in total. The van der Waals surface area contributed by atoms with Gasteiger partial charge in [-0.3, -0.25) is 0 Å². The standard InChI is InChI=1S/4C15H18BN3O2/c4*1-11-4-6-12(7-5-11)17-18-15-9-8-13(19(2)3)10-14(15)16(20)21/h4*4-10,20-21H,1-3H3. The van der Waals surface area contributed by atoms with Gasteiger partial charge in [0.25, 0.3) is 0 Å². The monoisotopic (exact) mass is 1130 g/mol. The Morgan fingerprint density at radius 3 is 0.548 bits per heavy atom. The van der Waals surface area contributed by atoms with Gasteiger partial charge in [0, 0.05) is 101 Å². The van der Waals surface area contributed by atoms with Crippen LogP contribution in [0.15, 0.2) is 211 Å². The molecule has 8 aromatic carbocycles. The molecule has 8 rings (SSSR count). The Kier molecular flexibility index (Phi) is 25.4. The van der Waals surface area contributed by atoms with Crippen LogP contribution in [0.4, 0.5) is 68.2 Å². The van der Waals surface area contributed by atoms with Crippen LogP contribution >= 0.6 is 0 Å². The maximum absolute atomic E-state index is 9.48. The van der Waals surface area contributed by atoms with Gasteiger partial charge in [0.2, 0.25) is 0 Å². The van der Waals surface area contributed by atoms with Crippen molar-refractivity contribution in [1.82, 2.24) is 0 Å². The third kappa shape index (κ3) is 20.9. The van der Waals surface area contributed by atoms with Crippen LogP contribution < -0.4 is 41.5 Å². The number of anilines is 4. The quantitative estimate of drug-likeness (QED) is 0.0334. The zero-order valence-electron chi connectivity index (χ0n) is 49.4. The van der Waals surface area contributed by atoms with Gasteiger partial charge in [0.1, 0.15) is 0 Å². The number of rotatable bonds is 16. The van der Waals surface area contributed by atoms with E-state index in [4.69, 9.17) is 0 Å². The van der Waals surface area contributed by atoms with Crippen LogP contribution in [0, 0.1) is 27.7 Å². The van der Waals surface area contributed by atoms with E-state index in [1.165, 1.54) is 0 Å². The first kappa shape index (κ1) is 66.1. The smallest absolute Gasteiger partial charge is 0.423 e. The average molecular weight is 1130 g/mol. The molecule has 0 fully saturated rings. The molecule has 8 aromatic rings. The minimum Gasteiger partial charge on any atom is -0.423 e. The highest BCUT2D eigenvalue weighted by Crippen LogP contribution is 2.25. The summed E-state index contributed by atoms with van der Waals surface area (Å²) >= 11 is 0. The lowest BCUT2D eigenvalue weighted by molar-refractivity contribution is 0.424. The van der Waals surface area contributed by atoms with Crippen LogP contribution in [0.2, 0.25) is 0 Å². The molecule has 0 heterocycles. The molecule has 432 valence electrons. The molecule has 0 aliphatic heterocycles. The van der Waals surface area contributed by atoms with Crippen molar-refractivity contribution in [3.63, 3.8) is 0 Å². The Morgan fingerprint density at radius 2 is 0.405 bits per heavy atom. The lowest BCUT2D eigenvalue weighted by Crippen LogP contribution is -2.30. The molecule has 0 radical (unpaired) electrons. The first-order valence-corrected chi connectivity index (χ1v) is 26.5. The molecule has 0 aliphatic carbocycles. The average Bonchev–Trinajstić information content (AvgIpc) is 3.58. The van der Waals surface area contributed by atoms with Gasteiger partial charge in [0.05, 0.1) is 45.5 Å². The Balaban J connectivity index is 0.000000205. The van der Waals surface area contributed by atoms with Crippen molar-refractivity contribution in [2.24, 2.45) is 40.9 Å². The van der Waals surface area contributed by atoms with E-state index in [9.17, 15) is 40.2 Å². The van der Waals surface area contributed by atoms with E-state index in [-0.39, 0.29) is 0 Å². The molecule has 0 bridgehead atoms. The van der Waals surface area contributed by atoms with Crippen molar-refractivity contribution in [3.05, 3.63) is 192 Å². The van der Waals surface area contributed by atoms with Crippen LogP contribution in [0.3, 0.4) is 0 Å². The summed E-state index contributed by atoms with van der Waals surface area (Å²) in [6.45, 7) is 8.00. The molecule has 84 heavy (non-hydrogen) atoms. The third-order valence-corrected chi connectivity index (χ3v) is 12.5. The highest BCUT2D eigenvalue weighted by Gasteiger charge is 2.21. The van der Waals surface area contributed by atoms with Crippen molar-refractivity contribution in [1.29, 1.82) is 0 Å². The second-order valence-electron chi connectivity index (χ2n) is 20.2. The summed E-state index contributed by atoms with van der Waals surface area (Å²) < 4.78 is 0. The molecule has 0 aliphatic rings. The van der Waals surface area contributed by atoms with Crippen molar-refractivity contribution < 1.29 is 40.2 Å². The Bertz CT molecular complexity index is 3020. The zero-order chi connectivity index (χ0) is 61.6. The highest BCUT2D eigenvalue weighted by atomic mass is 16.4. The third-order valence-electron chi connectivity index (χ3n) is 12.5. The number of azo groups is 4. The van der Waals surface area contributed by atoms with Crippen LogP contribution in [-0.4, -0.2) is 125 Å². The summed E-state index contributed by atoms with van der Waals surface area (Å²) in [4.78, 5) is 7.53. The van der Waals surface area contributed by atoms with Gasteiger partial charge < -0.3 is 59.8 Å². The molecular weight excluding hydrogens is 1060 g/mol. The number of hydrogen-bond acceptors (Lipinski definition) is 20. The van der Waals surface area contributed by atoms with E-state index in [1.807, 2.05) is 225 Å². The molecular formula is C60H72B4N12O8. The maximum Gasteiger partial charge on any atom is 0.490 e. The second kappa shape index (κ2) is 32.2. The molecule has 0 unspecified atom stereocenters. The van der Waals surface area contributed by atoms with Gasteiger partial charge in [-0.15, -0.1) is 0 Å². The van der Waals surface area contributed by atoms with Crippen LogP contribution in [0.1, 0.15) is 22.3 Å². The minimum absolute atomic E-state index is 0.331. The minimum atomic E-state index is -1.59. The van der Waals surface area contributed by atoms with Crippen molar-refractivity contribution in [3.8, 4) is 0 Å². The molecule has 0 saturated carbocycles. The summed E-state index contributed by atoms with van der Waals surface area (Å²) in [5.74, 6) is 0. The summed E-state index contributed by atoms with van der Waals surface area (Å²) in [7, 11) is 8.74. The summed E-state index contributed by atoms with van der Waals surface area (Å²) in [5, 5.41) is 109. The fourth-order valence-electron chi connectivity index (χ4n) is 7.36. The molecule has 0 atom stereocenters. The van der Waals surface area contributed by atoms with Crippen LogP contribution in [0.25, 0.3) is 0 Å². The first-order valence-electron chi connectivity index (χ1n) is 26.5. The fraction of sp³-hybridized carbons (Fsp3) is 0.200. The van der Waals surface area contributed by atoms with E-state index < -0.39 is 28.5 Å². The van der Waals surface area contributed by atoms with Gasteiger partial charge in [0.15, 0.2) is 0 Å². The number of benzene rings is 8. The van der Waals surface area contributed by atoms with Crippen molar-refractivity contribution >= 4 is 119 Å². The largest absolute Gasteiger partial charge is 0.490 e. The van der Waals surface area contributed by atoms with Crippen LogP contribution in [-0.2, 0) is 0 Å². The zero-order valence-corrected chi connectivity index (χ0v) is 49.4. The topological polar surface area (TPSA) is 274 Å². The second-order valence-corrected chi connectivity index (χ2v) is 20.2. The van der Waals surface area contributed by atoms with Crippen LogP contribution in [0.5, 0.6) is 0 Å². The van der Waals surface area contributed by atoms with Gasteiger partial charge in [-0.25, -0.2) is 0 Å². The lowest BCUT2D eigenvalue weighted by Gasteiger charge is -2.14. The molecule has 0 spiro atoms. The Hall–Kier alpha value is -8.70. The number of nitrogens with zero attached hydrogens (tertiary/aromatic N) is 12. The lowest BCUT2D eigenvalue weighted by atomic mass is 9.79. The van der Waals surface area contributed by atoms with E-state index in [1.54, 1.807) is 48.5 Å². The normalized spacial score (nSPS) is 10.9. The molecule has 0 aromatic heterocycles. The van der Waals surface area contributed by atoms with Gasteiger partial charge >= 0.3 is 28.5 Å². The maximum atomic E-state index is 9.48. The Labute approximate surface area is 493 Å². The van der Waals surface area contributed by atoms with E-state index in [2.05, 4.69) is 40.9 Å².